The lowest BCUT2D eigenvalue weighted by Crippen LogP contribution is -2.28. The van der Waals surface area contributed by atoms with E-state index >= 15 is 0 Å². The molecule has 0 aliphatic rings. The molecule has 0 saturated carbocycles. The van der Waals surface area contributed by atoms with Crippen molar-refractivity contribution in [2.75, 3.05) is 11.9 Å². The molecule has 3 rings (SSSR count). The molecule has 0 unspecified atom stereocenters. The average molecular weight is 517 g/mol. The predicted molar refractivity (Wildman–Crippen MR) is 119 cm³/mol. The summed E-state index contributed by atoms with van der Waals surface area (Å²) in [5, 5.41) is 11.1. The lowest BCUT2D eigenvalue weighted by Gasteiger charge is -2.21. The Bertz CT molecular complexity index is 1280. The normalized spacial score (nSPS) is 12.5. The van der Waals surface area contributed by atoms with Crippen LogP contribution in [-0.2, 0) is 15.4 Å². The molecule has 0 bridgehead atoms. The van der Waals surface area contributed by atoms with Crippen molar-refractivity contribution in [1.29, 1.82) is 0 Å². The topological polar surface area (TPSA) is 101 Å². The summed E-state index contributed by atoms with van der Waals surface area (Å²) in [7, 11) is -4.40. The summed E-state index contributed by atoms with van der Waals surface area (Å²) >= 11 is 1.07. The van der Waals surface area contributed by atoms with E-state index in [0.29, 0.717) is 5.01 Å². The van der Waals surface area contributed by atoms with Crippen molar-refractivity contribution >= 4 is 32.4 Å². The van der Waals surface area contributed by atoms with E-state index in [0.717, 1.165) is 35.1 Å². The van der Waals surface area contributed by atoms with Crippen molar-refractivity contribution in [3.8, 4) is 0 Å². The first-order valence-corrected chi connectivity index (χ1v) is 12.2. The summed E-state index contributed by atoms with van der Waals surface area (Å²) in [5.41, 5.74) is -0.174. The standard InChI is InChI=1S/C21H20F4N4O3S2/c1-20(2,13-6-4-3-5-7-13)18-28-29-19(33-18)27-17(30)15-12-14(8-9-16(15)22)34(31,32)26-11-10-21(23,24)25/h3-9,12,26H,10-11H2,1-2H3,(H,27,29,30). The summed E-state index contributed by atoms with van der Waals surface area (Å²) in [4.78, 5) is 12.1. The number of halogens is 4. The Balaban J connectivity index is 1.77. The Morgan fingerprint density at radius 2 is 1.74 bits per heavy atom. The van der Waals surface area contributed by atoms with E-state index in [2.05, 4.69) is 15.5 Å². The third-order valence-corrected chi connectivity index (χ3v) is 7.49. The zero-order valence-electron chi connectivity index (χ0n) is 18.0. The molecule has 0 atom stereocenters. The van der Waals surface area contributed by atoms with Crippen molar-refractivity contribution in [2.45, 2.75) is 36.8 Å². The van der Waals surface area contributed by atoms with Crippen LogP contribution >= 0.6 is 11.3 Å². The van der Waals surface area contributed by atoms with Crippen LogP contribution in [0.5, 0.6) is 0 Å². The summed E-state index contributed by atoms with van der Waals surface area (Å²) in [5.74, 6) is -1.99. The van der Waals surface area contributed by atoms with Crippen LogP contribution in [0.4, 0.5) is 22.7 Å². The first-order chi connectivity index (χ1) is 15.8. The summed E-state index contributed by atoms with van der Waals surface area (Å²) in [6, 6.07) is 11.8. The Morgan fingerprint density at radius 1 is 1.06 bits per heavy atom. The van der Waals surface area contributed by atoms with Crippen LogP contribution in [0.25, 0.3) is 0 Å². The highest BCUT2D eigenvalue weighted by atomic mass is 32.2. The molecule has 0 radical (unpaired) electrons. The maximum absolute atomic E-state index is 14.3. The van der Waals surface area contributed by atoms with E-state index in [4.69, 9.17) is 0 Å². The number of aromatic nitrogens is 2. The van der Waals surface area contributed by atoms with Gasteiger partial charge in [-0.3, -0.25) is 10.1 Å². The zero-order chi connectivity index (χ0) is 25.1. The van der Waals surface area contributed by atoms with E-state index in [9.17, 15) is 30.8 Å². The van der Waals surface area contributed by atoms with Gasteiger partial charge in [0.25, 0.3) is 5.91 Å². The van der Waals surface area contributed by atoms with E-state index < -0.39 is 56.8 Å². The molecule has 3 aromatic rings. The highest BCUT2D eigenvalue weighted by molar-refractivity contribution is 7.89. The van der Waals surface area contributed by atoms with Gasteiger partial charge in [0, 0.05) is 12.0 Å². The van der Waals surface area contributed by atoms with Crippen LogP contribution in [-0.4, -0.2) is 37.2 Å². The Hall–Kier alpha value is -2.90. The second-order valence-electron chi connectivity index (χ2n) is 7.76. The number of hydrogen-bond acceptors (Lipinski definition) is 6. The van der Waals surface area contributed by atoms with Gasteiger partial charge in [-0.15, -0.1) is 10.2 Å². The maximum Gasteiger partial charge on any atom is 0.390 e. The lowest BCUT2D eigenvalue weighted by atomic mass is 9.85. The fraction of sp³-hybridized carbons (Fsp3) is 0.286. The van der Waals surface area contributed by atoms with Crippen molar-refractivity contribution in [3.63, 3.8) is 0 Å². The fourth-order valence-electron chi connectivity index (χ4n) is 2.93. The van der Waals surface area contributed by atoms with Gasteiger partial charge in [-0.25, -0.2) is 17.5 Å². The molecule has 7 nitrogen and oxygen atoms in total. The number of alkyl halides is 3. The summed E-state index contributed by atoms with van der Waals surface area (Å²) in [6.45, 7) is 2.96. The molecule has 1 amide bonds. The van der Waals surface area contributed by atoms with Gasteiger partial charge in [-0.1, -0.05) is 41.7 Å². The minimum atomic E-state index is -4.55. The smallest absolute Gasteiger partial charge is 0.296 e. The van der Waals surface area contributed by atoms with Crippen LogP contribution in [0, 0.1) is 5.82 Å². The Morgan fingerprint density at radius 3 is 2.38 bits per heavy atom. The summed E-state index contributed by atoms with van der Waals surface area (Å²) in [6.07, 6.45) is -5.93. The van der Waals surface area contributed by atoms with Crippen LogP contribution in [0.1, 0.15) is 41.2 Å². The number of nitrogens with one attached hydrogen (secondary N) is 2. The quantitative estimate of drug-likeness (QED) is 0.430. The van der Waals surface area contributed by atoms with E-state index in [1.165, 1.54) is 0 Å². The highest BCUT2D eigenvalue weighted by Gasteiger charge is 2.29. The number of nitrogens with zero attached hydrogens (tertiary/aromatic N) is 2. The SMILES string of the molecule is CC(C)(c1ccccc1)c1nnc(NC(=O)c2cc(S(=O)(=O)NCCC(F)(F)F)ccc2F)s1. The molecule has 182 valence electrons. The molecule has 13 heteroatoms. The molecular formula is C21H20F4N4O3S2. The van der Waals surface area contributed by atoms with Gasteiger partial charge in [-0.05, 0) is 37.6 Å². The van der Waals surface area contributed by atoms with Crippen molar-refractivity contribution < 1.29 is 30.8 Å². The fourth-order valence-corrected chi connectivity index (χ4v) is 4.85. The molecule has 0 fully saturated rings. The number of carbonyl (C=O) groups is 1. The third kappa shape index (κ3) is 6.15. The Labute approximate surface area is 197 Å². The van der Waals surface area contributed by atoms with Crippen LogP contribution in [0.3, 0.4) is 0 Å². The van der Waals surface area contributed by atoms with Gasteiger partial charge in [-0.2, -0.15) is 13.2 Å². The van der Waals surface area contributed by atoms with E-state index in [1.54, 1.807) is 4.72 Å². The number of anilines is 1. The molecular weight excluding hydrogens is 496 g/mol. The number of rotatable bonds is 8. The molecule has 0 aliphatic carbocycles. The first-order valence-electron chi connectivity index (χ1n) is 9.86. The number of hydrogen-bond donors (Lipinski definition) is 2. The van der Waals surface area contributed by atoms with Gasteiger partial charge in [0.05, 0.1) is 16.9 Å². The number of amides is 1. The maximum atomic E-state index is 14.3. The van der Waals surface area contributed by atoms with Crippen molar-refractivity contribution in [2.24, 2.45) is 0 Å². The van der Waals surface area contributed by atoms with Gasteiger partial charge in [0.15, 0.2) is 0 Å². The minimum absolute atomic E-state index is 0.0694. The minimum Gasteiger partial charge on any atom is -0.296 e. The number of benzene rings is 2. The molecule has 0 aliphatic heterocycles. The van der Waals surface area contributed by atoms with Crippen LogP contribution in [0.15, 0.2) is 53.4 Å². The van der Waals surface area contributed by atoms with Crippen LogP contribution in [0.2, 0.25) is 0 Å². The molecule has 0 saturated heterocycles. The third-order valence-electron chi connectivity index (χ3n) is 4.87. The second-order valence-corrected chi connectivity index (χ2v) is 10.5. The monoisotopic (exact) mass is 516 g/mol. The lowest BCUT2D eigenvalue weighted by molar-refractivity contribution is -0.132. The van der Waals surface area contributed by atoms with E-state index in [1.807, 2.05) is 44.2 Å². The first kappa shape index (κ1) is 25.7. The van der Waals surface area contributed by atoms with Gasteiger partial charge in [0.2, 0.25) is 15.2 Å². The molecule has 2 N–H and O–H groups in total. The van der Waals surface area contributed by atoms with Crippen molar-refractivity contribution in [1.82, 2.24) is 14.9 Å². The van der Waals surface area contributed by atoms with Gasteiger partial charge in [0.1, 0.15) is 10.8 Å². The average Bonchev–Trinajstić information content (AvgIpc) is 3.22. The highest BCUT2D eigenvalue weighted by Crippen LogP contribution is 2.34. The molecule has 1 aromatic heterocycles. The number of sulfonamides is 1. The molecule has 34 heavy (non-hydrogen) atoms. The van der Waals surface area contributed by atoms with Crippen molar-refractivity contribution in [3.05, 3.63) is 70.5 Å². The van der Waals surface area contributed by atoms with E-state index in [-0.39, 0.29) is 5.13 Å². The van der Waals surface area contributed by atoms with Crippen LogP contribution < -0.4 is 10.0 Å². The second kappa shape index (κ2) is 9.76. The predicted octanol–water partition coefficient (Wildman–Crippen LogP) is 4.49. The Kier molecular flexibility index (Phi) is 7.38. The molecule has 0 spiro atoms. The van der Waals surface area contributed by atoms with Gasteiger partial charge >= 0.3 is 6.18 Å². The summed E-state index contributed by atoms with van der Waals surface area (Å²) < 4.78 is 77.4. The zero-order valence-corrected chi connectivity index (χ0v) is 19.6. The number of carbonyl (C=O) groups excluding carboxylic acids is 1. The largest absolute Gasteiger partial charge is 0.390 e. The molecule has 1 heterocycles. The molecule has 2 aromatic carbocycles. The van der Waals surface area contributed by atoms with Gasteiger partial charge < -0.3 is 0 Å².